The molecular weight excluding hydrogens is 899 g/mol. The molecule has 6 bridgehead atoms. The van der Waals surface area contributed by atoms with Gasteiger partial charge in [-0.3, -0.25) is 29.2 Å². The minimum Gasteiger partial charge on any atom is -0.464 e. The number of ether oxygens (including phenoxy) is 3. The number of hydrogen-bond acceptors (Lipinski definition) is 12. The van der Waals surface area contributed by atoms with Gasteiger partial charge >= 0.3 is 12.0 Å². The third-order valence-corrected chi connectivity index (χ3v) is 14.3. The number of carbonyl (C=O) groups excluding carboxylic acids is 5. The van der Waals surface area contributed by atoms with Crippen LogP contribution in [0.5, 0.6) is 0 Å². The summed E-state index contributed by atoms with van der Waals surface area (Å²) in [7, 11) is 3.30. The van der Waals surface area contributed by atoms with Crippen molar-refractivity contribution < 1.29 is 38.2 Å². The number of esters is 1. The molecule has 7 rings (SSSR count). The zero-order valence-electron chi connectivity index (χ0n) is 41.3. The molecule has 0 radical (unpaired) electrons. The lowest BCUT2D eigenvalue weighted by molar-refractivity contribution is -0.155. The number of hydrogen-bond donors (Lipinski definition) is 3. The number of nitrogens with zero attached hydrogens (tertiary/aromatic N) is 6. The van der Waals surface area contributed by atoms with Crippen molar-refractivity contribution in [3.05, 3.63) is 70.8 Å². The summed E-state index contributed by atoms with van der Waals surface area (Å²) in [5, 5.41) is 10.8. The predicted octanol–water partition coefficient (Wildman–Crippen LogP) is 6.06. The van der Waals surface area contributed by atoms with Crippen LogP contribution in [0.3, 0.4) is 0 Å². The molecule has 18 heteroatoms. The van der Waals surface area contributed by atoms with Crippen molar-refractivity contribution in [1.29, 1.82) is 0 Å². The van der Waals surface area contributed by atoms with Gasteiger partial charge in [-0.25, -0.2) is 15.2 Å². The quantitative estimate of drug-likeness (QED) is 0.0803. The number of cyclic esters (lactones) is 1. The molecular formula is C51H69N9O8S. The lowest BCUT2D eigenvalue weighted by Crippen LogP contribution is -2.62. The highest BCUT2D eigenvalue weighted by molar-refractivity contribution is 7.10. The number of hydrazine groups is 1. The highest BCUT2D eigenvalue weighted by Crippen LogP contribution is 2.42. The van der Waals surface area contributed by atoms with Crippen LogP contribution in [-0.4, -0.2) is 137 Å². The van der Waals surface area contributed by atoms with Gasteiger partial charge in [-0.2, -0.15) is 0 Å². The fraction of sp³-hybridized carbons (Fsp3) is 0.549. The number of likely N-dealkylation sites (tertiary alicyclic amines) is 1. The Bertz CT molecular complexity index is 2510. The Hall–Kier alpha value is -5.69. The third-order valence-electron chi connectivity index (χ3n) is 13.4. The van der Waals surface area contributed by atoms with Crippen LogP contribution in [-0.2, 0) is 52.8 Å². The number of thiazole rings is 1. The first-order valence-corrected chi connectivity index (χ1v) is 25.1. The number of amides is 5. The van der Waals surface area contributed by atoms with Crippen LogP contribution in [0.2, 0.25) is 0 Å². The van der Waals surface area contributed by atoms with Crippen molar-refractivity contribution in [2.75, 3.05) is 53.6 Å². The summed E-state index contributed by atoms with van der Waals surface area (Å²) in [6.45, 7) is 18.2. The van der Waals surface area contributed by atoms with Crippen LogP contribution in [0.25, 0.3) is 33.4 Å². The molecule has 0 aliphatic carbocycles. The molecule has 4 aromatic rings. The SMILES string of the molecule is C=CC(=O)NCCOC1CCN(C(=O)N(C)[C@H](C(=O)N[C@H]2Cc3nc(cs3)-c3ccc4c(c3)c(c(-c3cccnc3[C@H](C)OC)n4CC)CC(C)(C)COC(=O)[C@@H]3CCCN(N3)C2=O)C(C)C)CC1. The summed E-state index contributed by atoms with van der Waals surface area (Å²) in [5.74, 6) is -1.92. The molecule has 3 aliphatic heterocycles. The molecule has 3 aromatic heterocycles. The minimum absolute atomic E-state index is 0.0664. The number of piperidine rings is 1. The van der Waals surface area contributed by atoms with Gasteiger partial charge in [0.05, 0.1) is 47.5 Å². The number of carbonyl (C=O) groups is 5. The molecule has 4 atom stereocenters. The summed E-state index contributed by atoms with van der Waals surface area (Å²) in [6.07, 6.45) is 5.55. The number of urea groups is 1. The van der Waals surface area contributed by atoms with Gasteiger partial charge in [-0.1, -0.05) is 40.3 Å². The van der Waals surface area contributed by atoms with Gasteiger partial charge in [0.1, 0.15) is 18.1 Å². The Morgan fingerprint density at radius 2 is 1.88 bits per heavy atom. The second-order valence-corrected chi connectivity index (χ2v) is 20.3. The highest BCUT2D eigenvalue weighted by atomic mass is 32.1. The zero-order chi connectivity index (χ0) is 49.6. The zero-order valence-corrected chi connectivity index (χ0v) is 42.2. The van der Waals surface area contributed by atoms with E-state index in [4.69, 9.17) is 24.2 Å². The summed E-state index contributed by atoms with van der Waals surface area (Å²) in [6, 6.07) is 7.34. The maximum absolute atomic E-state index is 14.7. The summed E-state index contributed by atoms with van der Waals surface area (Å²) >= 11 is 1.41. The van der Waals surface area contributed by atoms with E-state index >= 15 is 0 Å². The fourth-order valence-corrected chi connectivity index (χ4v) is 10.6. The molecule has 2 saturated heterocycles. The Morgan fingerprint density at radius 3 is 2.59 bits per heavy atom. The molecule has 2 fully saturated rings. The van der Waals surface area contributed by atoms with Crippen molar-refractivity contribution >= 4 is 52.0 Å². The number of aryl methyl sites for hydroxylation is 1. The van der Waals surface area contributed by atoms with E-state index in [1.807, 2.05) is 32.2 Å². The first kappa shape index (κ1) is 51.2. The van der Waals surface area contributed by atoms with Crippen molar-refractivity contribution in [3.8, 4) is 22.5 Å². The molecule has 372 valence electrons. The second kappa shape index (κ2) is 22.4. The fourth-order valence-electron chi connectivity index (χ4n) is 9.77. The molecule has 3 aliphatic rings. The van der Waals surface area contributed by atoms with Crippen molar-refractivity contribution in [1.82, 2.24) is 45.4 Å². The molecule has 0 spiro atoms. The van der Waals surface area contributed by atoms with Crippen LogP contribution in [0, 0.1) is 11.3 Å². The first-order chi connectivity index (χ1) is 33.0. The van der Waals surface area contributed by atoms with E-state index in [-0.39, 0.29) is 43.1 Å². The van der Waals surface area contributed by atoms with E-state index in [2.05, 4.69) is 72.2 Å². The Morgan fingerprint density at radius 1 is 1.12 bits per heavy atom. The van der Waals surface area contributed by atoms with Crippen molar-refractivity contribution in [3.63, 3.8) is 0 Å². The molecule has 3 N–H and O–H groups in total. The Balaban J connectivity index is 1.19. The maximum atomic E-state index is 14.7. The number of nitrogens with one attached hydrogen (secondary N) is 3. The molecule has 5 amide bonds. The van der Waals surface area contributed by atoms with E-state index < -0.39 is 41.3 Å². The molecule has 6 heterocycles. The van der Waals surface area contributed by atoms with Gasteiger partial charge in [-0.15, -0.1) is 11.3 Å². The van der Waals surface area contributed by atoms with E-state index in [0.29, 0.717) is 76.4 Å². The Labute approximate surface area is 409 Å². The topological polar surface area (TPSA) is 190 Å². The van der Waals surface area contributed by atoms with Crippen LogP contribution in [0.15, 0.2) is 54.6 Å². The van der Waals surface area contributed by atoms with Crippen molar-refractivity contribution in [2.24, 2.45) is 11.3 Å². The van der Waals surface area contributed by atoms with Crippen LogP contribution in [0.4, 0.5) is 4.79 Å². The van der Waals surface area contributed by atoms with Crippen LogP contribution >= 0.6 is 11.3 Å². The van der Waals surface area contributed by atoms with Gasteiger partial charge in [0.2, 0.25) is 11.8 Å². The first-order valence-electron chi connectivity index (χ1n) is 24.2. The summed E-state index contributed by atoms with van der Waals surface area (Å²) < 4.78 is 20.2. The average molecular weight is 968 g/mol. The summed E-state index contributed by atoms with van der Waals surface area (Å²) in [5.41, 5.74) is 9.27. The smallest absolute Gasteiger partial charge is 0.324 e. The normalized spacial score (nSPS) is 20.0. The lowest BCUT2D eigenvalue weighted by atomic mass is 9.84. The van der Waals surface area contributed by atoms with Gasteiger partial charge < -0.3 is 39.2 Å². The van der Waals surface area contributed by atoms with Crippen LogP contribution < -0.4 is 16.1 Å². The number of fused-ring (bicyclic) bond motifs is 6. The van der Waals surface area contributed by atoms with E-state index in [1.165, 1.54) is 27.3 Å². The van der Waals surface area contributed by atoms with E-state index in [1.54, 1.807) is 25.3 Å². The van der Waals surface area contributed by atoms with Gasteiger partial charge in [0, 0.05) is 92.3 Å². The van der Waals surface area contributed by atoms with E-state index in [0.717, 1.165) is 44.7 Å². The lowest BCUT2D eigenvalue weighted by Gasteiger charge is -2.39. The minimum atomic E-state index is -1.08. The third kappa shape index (κ3) is 11.7. The number of likely N-dealkylation sites (N-methyl/N-ethyl adjacent to an activating group) is 1. The second-order valence-electron chi connectivity index (χ2n) is 19.4. The molecule has 69 heavy (non-hydrogen) atoms. The average Bonchev–Trinajstić information content (AvgIpc) is 3.94. The number of methoxy groups -OCH3 is 1. The molecule has 1 aromatic carbocycles. The summed E-state index contributed by atoms with van der Waals surface area (Å²) in [4.78, 5) is 81.7. The van der Waals surface area contributed by atoms with Crippen molar-refractivity contribution in [2.45, 2.75) is 117 Å². The predicted molar refractivity (Wildman–Crippen MR) is 265 cm³/mol. The molecule has 0 unspecified atom stereocenters. The Kier molecular flexibility index (Phi) is 16.6. The van der Waals surface area contributed by atoms with Crippen LogP contribution in [0.1, 0.15) is 89.6 Å². The highest BCUT2D eigenvalue weighted by Gasteiger charge is 2.39. The molecule has 17 nitrogen and oxygen atoms in total. The largest absolute Gasteiger partial charge is 0.464 e. The van der Waals surface area contributed by atoms with Gasteiger partial charge in [0.15, 0.2) is 0 Å². The number of rotatable bonds is 13. The van der Waals surface area contributed by atoms with Gasteiger partial charge in [0.25, 0.3) is 5.91 Å². The van der Waals surface area contributed by atoms with Gasteiger partial charge in [-0.05, 0) is 87.8 Å². The number of pyridine rings is 1. The number of benzene rings is 1. The standard InChI is InChI=1S/C51H69N9O8S/c1-10-42(61)52-21-25-67-34-18-23-58(24-19-34)50(65)57(8)45(31(3)4)47(62)55-39-27-43-54-40(29-69-43)33-16-17-41-36(26-33)37(46(59(41)11-2)35-14-12-20-53-44(35)32(5)66-9)28-51(6,7)30-68-49(64)38-15-13-22-60(56-38)48(39)63/h10,12,14,16-17,20,26,29,31-32,34,38-39,45,56H,1,11,13,15,18-19,21-25,27-28,30H2,2-9H3,(H,52,61)(H,55,62)/t32-,38-,39-,45-/m0/s1. The van der Waals surface area contributed by atoms with E-state index in [9.17, 15) is 24.0 Å². The monoisotopic (exact) mass is 967 g/mol. The maximum Gasteiger partial charge on any atom is 0.324 e. The molecule has 0 saturated carbocycles. The number of aromatic nitrogens is 3.